The van der Waals surface area contributed by atoms with E-state index in [1.807, 2.05) is 6.92 Å². The number of likely N-dealkylation sites (tertiary alicyclic amines) is 1. The zero-order valence-corrected chi connectivity index (χ0v) is 10.9. The van der Waals surface area contributed by atoms with Crippen molar-refractivity contribution in [3.63, 3.8) is 0 Å². The van der Waals surface area contributed by atoms with E-state index in [2.05, 4.69) is 11.8 Å². The lowest BCUT2D eigenvalue weighted by molar-refractivity contribution is 0.0747. The summed E-state index contributed by atoms with van der Waals surface area (Å²) in [6.07, 6.45) is 2.02. The number of nitrogens with zero attached hydrogens (tertiary/aromatic N) is 1. The fraction of sp³-hybridized carbons (Fsp3) is 0.400. The van der Waals surface area contributed by atoms with Gasteiger partial charge < -0.3 is 10.6 Å². The standard InChI is InChI=1S/C15H17FN2O/c1-11-4-3-9-18(11)15(19)13-7-6-12(5-2-8-17)14(16)10-13/h6-7,10-11H,3-4,8-9,17H2,1H3. The van der Waals surface area contributed by atoms with Gasteiger partial charge >= 0.3 is 0 Å². The molecule has 0 bridgehead atoms. The Hall–Kier alpha value is -1.86. The van der Waals surface area contributed by atoms with E-state index < -0.39 is 5.82 Å². The van der Waals surface area contributed by atoms with Gasteiger partial charge in [0.1, 0.15) is 5.82 Å². The van der Waals surface area contributed by atoms with Gasteiger partial charge in [0.25, 0.3) is 5.91 Å². The predicted octanol–water partition coefficient (Wildman–Crippen LogP) is 1.76. The molecule has 2 rings (SSSR count). The maximum atomic E-state index is 13.8. The topological polar surface area (TPSA) is 46.3 Å². The van der Waals surface area contributed by atoms with Crippen molar-refractivity contribution in [3.05, 3.63) is 35.1 Å². The van der Waals surface area contributed by atoms with Crippen LogP contribution in [0.5, 0.6) is 0 Å². The Kier molecular flexibility index (Phi) is 4.18. The van der Waals surface area contributed by atoms with Gasteiger partial charge in [0, 0.05) is 18.2 Å². The largest absolute Gasteiger partial charge is 0.336 e. The highest BCUT2D eigenvalue weighted by atomic mass is 19.1. The lowest BCUT2D eigenvalue weighted by Crippen LogP contribution is -2.33. The number of carbonyl (C=O) groups is 1. The second kappa shape index (κ2) is 5.85. The number of amides is 1. The molecule has 1 atom stereocenters. The van der Waals surface area contributed by atoms with Gasteiger partial charge in [-0.2, -0.15) is 0 Å². The SMILES string of the molecule is CC1CCCN1C(=O)c1ccc(C#CCN)c(F)c1. The normalized spacial score (nSPS) is 18.1. The van der Waals surface area contributed by atoms with Crippen molar-refractivity contribution >= 4 is 5.91 Å². The molecule has 3 nitrogen and oxygen atoms in total. The molecule has 0 aliphatic carbocycles. The van der Waals surface area contributed by atoms with Gasteiger partial charge in [0.15, 0.2) is 0 Å². The van der Waals surface area contributed by atoms with Crippen molar-refractivity contribution < 1.29 is 9.18 Å². The van der Waals surface area contributed by atoms with E-state index in [-0.39, 0.29) is 24.1 Å². The number of benzene rings is 1. The van der Waals surface area contributed by atoms with Crippen molar-refractivity contribution in [2.24, 2.45) is 5.73 Å². The first-order valence-corrected chi connectivity index (χ1v) is 6.43. The summed E-state index contributed by atoms with van der Waals surface area (Å²) < 4.78 is 13.8. The summed E-state index contributed by atoms with van der Waals surface area (Å²) in [5.74, 6) is 4.66. The predicted molar refractivity (Wildman–Crippen MR) is 72.1 cm³/mol. The van der Waals surface area contributed by atoms with Crippen LogP contribution in [-0.4, -0.2) is 29.9 Å². The van der Waals surface area contributed by atoms with Crippen molar-refractivity contribution in [2.75, 3.05) is 13.1 Å². The second-order valence-electron chi connectivity index (χ2n) is 4.69. The quantitative estimate of drug-likeness (QED) is 0.782. The van der Waals surface area contributed by atoms with Crippen molar-refractivity contribution in [1.29, 1.82) is 0 Å². The maximum absolute atomic E-state index is 13.8. The fourth-order valence-corrected chi connectivity index (χ4v) is 2.30. The number of hydrogen-bond acceptors (Lipinski definition) is 2. The van der Waals surface area contributed by atoms with Crippen LogP contribution in [-0.2, 0) is 0 Å². The van der Waals surface area contributed by atoms with E-state index in [1.54, 1.807) is 11.0 Å². The molecule has 100 valence electrons. The minimum absolute atomic E-state index is 0.109. The van der Waals surface area contributed by atoms with Crippen LogP contribution in [0.4, 0.5) is 4.39 Å². The number of carbonyl (C=O) groups excluding carboxylic acids is 1. The molecule has 1 unspecified atom stereocenters. The molecule has 1 heterocycles. The summed E-state index contributed by atoms with van der Waals surface area (Å²) >= 11 is 0. The fourth-order valence-electron chi connectivity index (χ4n) is 2.30. The highest BCUT2D eigenvalue weighted by Crippen LogP contribution is 2.20. The van der Waals surface area contributed by atoms with Crippen LogP contribution in [0, 0.1) is 17.7 Å². The molecule has 1 aliphatic rings. The van der Waals surface area contributed by atoms with E-state index in [4.69, 9.17) is 5.73 Å². The first-order chi connectivity index (χ1) is 9.13. The highest BCUT2D eigenvalue weighted by Gasteiger charge is 2.26. The van der Waals surface area contributed by atoms with Crippen molar-refractivity contribution in [1.82, 2.24) is 4.90 Å². The van der Waals surface area contributed by atoms with E-state index in [9.17, 15) is 9.18 Å². The average molecular weight is 260 g/mol. The summed E-state index contributed by atoms with van der Waals surface area (Å²) in [5, 5.41) is 0. The Morgan fingerprint density at radius 1 is 1.58 bits per heavy atom. The summed E-state index contributed by atoms with van der Waals surface area (Å²) in [6.45, 7) is 2.95. The Morgan fingerprint density at radius 3 is 2.95 bits per heavy atom. The van der Waals surface area contributed by atoms with E-state index in [1.165, 1.54) is 12.1 Å². The Labute approximate surface area is 112 Å². The Morgan fingerprint density at radius 2 is 2.37 bits per heavy atom. The van der Waals surface area contributed by atoms with E-state index >= 15 is 0 Å². The van der Waals surface area contributed by atoms with Gasteiger partial charge in [-0.1, -0.05) is 11.8 Å². The van der Waals surface area contributed by atoms with Crippen LogP contribution < -0.4 is 5.73 Å². The van der Waals surface area contributed by atoms with Crippen LogP contribution in [0.15, 0.2) is 18.2 Å². The lowest BCUT2D eigenvalue weighted by atomic mass is 10.1. The highest BCUT2D eigenvalue weighted by molar-refractivity contribution is 5.94. The van der Waals surface area contributed by atoms with Gasteiger partial charge in [0.2, 0.25) is 0 Å². The van der Waals surface area contributed by atoms with Gasteiger partial charge in [-0.3, -0.25) is 4.79 Å². The smallest absolute Gasteiger partial charge is 0.254 e. The molecule has 0 aromatic heterocycles. The molecule has 1 aliphatic heterocycles. The number of halogens is 1. The monoisotopic (exact) mass is 260 g/mol. The third kappa shape index (κ3) is 2.94. The maximum Gasteiger partial charge on any atom is 0.254 e. The number of rotatable bonds is 1. The molecule has 4 heteroatoms. The van der Waals surface area contributed by atoms with Crippen LogP contribution >= 0.6 is 0 Å². The molecule has 0 radical (unpaired) electrons. The second-order valence-corrected chi connectivity index (χ2v) is 4.69. The first kappa shape index (κ1) is 13.6. The third-order valence-electron chi connectivity index (χ3n) is 3.35. The molecule has 0 spiro atoms. The van der Waals surface area contributed by atoms with E-state index in [0.717, 1.165) is 19.4 Å². The summed E-state index contributed by atoms with van der Waals surface area (Å²) in [5.41, 5.74) is 5.90. The van der Waals surface area contributed by atoms with Crippen molar-refractivity contribution in [2.45, 2.75) is 25.8 Å². The summed E-state index contributed by atoms with van der Waals surface area (Å²) in [6, 6.07) is 4.64. The minimum Gasteiger partial charge on any atom is -0.336 e. The number of hydrogen-bond donors (Lipinski definition) is 1. The minimum atomic E-state index is -0.473. The molecule has 0 saturated carbocycles. The van der Waals surface area contributed by atoms with Crippen LogP contribution in [0.25, 0.3) is 0 Å². The van der Waals surface area contributed by atoms with Crippen LogP contribution in [0.3, 0.4) is 0 Å². The summed E-state index contributed by atoms with van der Waals surface area (Å²) in [4.78, 5) is 14.0. The molecular formula is C15H17FN2O. The van der Waals surface area contributed by atoms with Gasteiger partial charge in [-0.15, -0.1) is 0 Å². The van der Waals surface area contributed by atoms with Crippen LogP contribution in [0.2, 0.25) is 0 Å². The third-order valence-corrected chi connectivity index (χ3v) is 3.35. The molecule has 1 aromatic rings. The lowest BCUT2D eigenvalue weighted by Gasteiger charge is -2.21. The zero-order valence-electron chi connectivity index (χ0n) is 10.9. The molecule has 1 aromatic carbocycles. The van der Waals surface area contributed by atoms with Gasteiger partial charge in [-0.05, 0) is 38.0 Å². The van der Waals surface area contributed by atoms with Crippen molar-refractivity contribution in [3.8, 4) is 11.8 Å². The van der Waals surface area contributed by atoms with Gasteiger partial charge in [0.05, 0.1) is 12.1 Å². The molecule has 1 saturated heterocycles. The first-order valence-electron chi connectivity index (χ1n) is 6.43. The van der Waals surface area contributed by atoms with E-state index in [0.29, 0.717) is 5.56 Å². The average Bonchev–Trinajstić information content (AvgIpc) is 2.82. The summed E-state index contributed by atoms with van der Waals surface area (Å²) in [7, 11) is 0. The zero-order chi connectivity index (χ0) is 13.8. The van der Waals surface area contributed by atoms with Crippen LogP contribution in [0.1, 0.15) is 35.7 Å². The Bertz CT molecular complexity index is 545. The van der Waals surface area contributed by atoms with Gasteiger partial charge in [-0.25, -0.2) is 4.39 Å². The molecule has 1 fully saturated rings. The molecule has 19 heavy (non-hydrogen) atoms. The molecule has 1 amide bonds. The number of nitrogens with two attached hydrogens (primary N) is 1. The Balaban J connectivity index is 2.22. The molecular weight excluding hydrogens is 243 g/mol. The molecule has 2 N–H and O–H groups in total.